The molecule has 0 saturated heterocycles. The van der Waals surface area contributed by atoms with Crippen LogP contribution >= 0.6 is 0 Å². The number of rotatable bonds is 4. The van der Waals surface area contributed by atoms with Crippen LogP contribution in [0.3, 0.4) is 0 Å². The molecule has 94 valence electrons. The van der Waals surface area contributed by atoms with Gasteiger partial charge in [-0.3, -0.25) is 4.79 Å². The van der Waals surface area contributed by atoms with Gasteiger partial charge >= 0.3 is 0 Å². The second-order valence-electron chi connectivity index (χ2n) is 3.63. The number of amides is 1. The molecule has 1 heterocycles. The Labute approximate surface area is 102 Å². The van der Waals surface area contributed by atoms with E-state index in [9.17, 15) is 14.3 Å². The van der Waals surface area contributed by atoms with Gasteiger partial charge in [-0.2, -0.15) is 0 Å². The summed E-state index contributed by atoms with van der Waals surface area (Å²) in [6, 6.07) is 7.24. The zero-order valence-electron chi connectivity index (χ0n) is 9.34. The highest BCUT2D eigenvalue weighted by Crippen LogP contribution is 2.15. The summed E-state index contributed by atoms with van der Waals surface area (Å²) in [7, 11) is 0. The van der Waals surface area contributed by atoms with Crippen LogP contribution in [0, 0.1) is 5.82 Å². The molecular formula is C12H11FN2O3. The Morgan fingerprint density at radius 3 is 2.89 bits per heavy atom. The van der Waals surface area contributed by atoms with Gasteiger partial charge in [0.1, 0.15) is 12.1 Å². The van der Waals surface area contributed by atoms with Crippen LogP contribution in [0.4, 0.5) is 4.39 Å². The lowest BCUT2D eigenvalue weighted by molar-refractivity contribution is 0.0905. The Kier molecular flexibility index (Phi) is 3.69. The summed E-state index contributed by atoms with van der Waals surface area (Å²) < 4.78 is 17.9. The Morgan fingerprint density at radius 1 is 1.44 bits per heavy atom. The maximum absolute atomic E-state index is 13.3. The van der Waals surface area contributed by atoms with Gasteiger partial charge < -0.3 is 14.9 Å². The van der Waals surface area contributed by atoms with Gasteiger partial charge in [-0.1, -0.05) is 23.4 Å². The Balaban J connectivity index is 1.95. The molecule has 1 aromatic carbocycles. The summed E-state index contributed by atoms with van der Waals surface area (Å²) in [6.45, 7) is -0.105. The lowest BCUT2D eigenvalue weighted by Gasteiger charge is -2.12. The average molecular weight is 250 g/mol. The number of carbonyl (C=O) groups excluding carboxylic acids is 1. The number of nitrogens with zero attached hydrogens (tertiary/aromatic N) is 1. The fourth-order valence-corrected chi connectivity index (χ4v) is 1.46. The highest BCUT2D eigenvalue weighted by atomic mass is 19.1. The Morgan fingerprint density at radius 2 is 2.22 bits per heavy atom. The first-order chi connectivity index (χ1) is 8.68. The molecule has 0 radical (unpaired) electrons. The van der Waals surface area contributed by atoms with E-state index < -0.39 is 17.8 Å². The van der Waals surface area contributed by atoms with Crippen LogP contribution in [0.2, 0.25) is 0 Å². The molecule has 1 amide bonds. The molecule has 1 atom stereocenters. The largest absolute Gasteiger partial charge is 0.386 e. The quantitative estimate of drug-likeness (QED) is 0.857. The maximum Gasteiger partial charge on any atom is 0.273 e. The second kappa shape index (κ2) is 5.42. The van der Waals surface area contributed by atoms with Crippen molar-refractivity contribution in [3.63, 3.8) is 0 Å². The van der Waals surface area contributed by atoms with Crippen LogP contribution in [0.15, 0.2) is 41.1 Å². The van der Waals surface area contributed by atoms with E-state index in [0.717, 1.165) is 0 Å². The van der Waals surface area contributed by atoms with E-state index in [1.807, 2.05) is 0 Å². The van der Waals surface area contributed by atoms with Gasteiger partial charge in [-0.25, -0.2) is 4.39 Å². The first kappa shape index (κ1) is 12.3. The predicted octanol–water partition coefficient (Wildman–Crippen LogP) is 1.28. The summed E-state index contributed by atoms with van der Waals surface area (Å²) in [5.74, 6) is -1.00. The van der Waals surface area contributed by atoms with Crippen LogP contribution in [0.1, 0.15) is 22.2 Å². The summed E-state index contributed by atoms with van der Waals surface area (Å²) in [5.41, 5.74) is 0.244. The minimum absolute atomic E-state index is 0.105. The van der Waals surface area contributed by atoms with Crippen molar-refractivity contribution in [2.45, 2.75) is 6.10 Å². The molecule has 0 aliphatic rings. The smallest absolute Gasteiger partial charge is 0.273 e. The van der Waals surface area contributed by atoms with Crippen molar-refractivity contribution in [1.82, 2.24) is 10.5 Å². The molecule has 2 aromatic rings. The molecule has 2 rings (SSSR count). The zero-order chi connectivity index (χ0) is 13.0. The van der Waals surface area contributed by atoms with Crippen molar-refractivity contribution < 1.29 is 18.8 Å². The van der Waals surface area contributed by atoms with Crippen LogP contribution in [0.25, 0.3) is 0 Å². The number of hydrogen-bond acceptors (Lipinski definition) is 4. The van der Waals surface area contributed by atoms with Crippen molar-refractivity contribution in [3.05, 3.63) is 53.7 Å². The molecule has 5 nitrogen and oxygen atoms in total. The SMILES string of the molecule is O=C(NCC(O)c1ccccc1F)c1ccon1. The fraction of sp³-hybridized carbons (Fsp3) is 0.167. The topological polar surface area (TPSA) is 75.4 Å². The Bertz CT molecular complexity index is 528. The van der Waals surface area contributed by atoms with Crippen LogP contribution in [-0.4, -0.2) is 22.7 Å². The van der Waals surface area contributed by atoms with Gasteiger partial charge in [-0.15, -0.1) is 0 Å². The molecule has 1 unspecified atom stereocenters. The van der Waals surface area contributed by atoms with E-state index >= 15 is 0 Å². The molecular weight excluding hydrogens is 239 g/mol. The van der Waals surface area contributed by atoms with Gasteiger partial charge in [0.25, 0.3) is 5.91 Å². The van der Waals surface area contributed by atoms with Gasteiger partial charge in [0.05, 0.1) is 6.10 Å². The normalized spacial score (nSPS) is 12.1. The number of aliphatic hydroxyl groups excluding tert-OH is 1. The van der Waals surface area contributed by atoms with Crippen LogP contribution < -0.4 is 5.32 Å². The molecule has 6 heteroatoms. The molecule has 1 aromatic heterocycles. The number of halogens is 1. The molecule has 0 fully saturated rings. The van der Waals surface area contributed by atoms with Crippen molar-refractivity contribution >= 4 is 5.91 Å². The zero-order valence-corrected chi connectivity index (χ0v) is 9.34. The fourth-order valence-electron chi connectivity index (χ4n) is 1.46. The van der Waals surface area contributed by atoms with Crippen LogP contribution in [-0.2, 0) is 0 Å². The molecule has 0 bridgehead atoms. The first-order valence-corrected chi connectivity index (χ1v) is 5.29. The molecule has 18 heavy (non-hydrogen) atoms. The highest BCUT2D eigenvalue weighted by molar-refractivity contribution is 5.91. The number of aromatic nitrogens is 1. The summed E-state index contributed by atoms with van der Waals surface area (Å²) >= 11 is 0. The van der Waals surface area contributed by atoms with E-state index in [-0.39, 0.29) is 17.8 Å². The summed E-state index contributed by atoms with van der Waals surface area (Å²) in [6.07, 6.45) is 0.157. The third-order valence-corrected chi connectivity index (χ3v) is 2.39. The third kappa shape index (κ3) is 2.72. The van der Waals surface area contributed by atoms with Crippen molar-refractivity contribution in [2.24, 2.45) is 0 Å². The van der Waals surface area contributed by atoms with E-state index in [2.05, 4.69) is 15.0 Å². The van der Waals surface area contributed by atoms with Crippen molar-refractivity contribution in [1.29, 1.82) is 0 Å². The lowest BCUT2D eigenvalue weighted by Crippen LogP contribution is -2.28. The minimum atomic E-state index is -1.11. The average Bonchev–Trinajstić information content (AvgIpc) is 2.90. The number of benzene rings is 1. The van der Waals surface area contributed by atoms with E-state index in [4.69, 9.17) is 0 Å². The molecule has 0 spiro atoms. The van der Waals surface area contributed by atoms with Crippen molar-refractivity contribution in [2.75, 3.05) is 6.54 Å². The second-order valence-corrected chi connectivity index (χ2v) is 3.63. The van der Waals surface area contributed by atoms with Gasteiger partial charge in [0.2, 0.25) is 0 Å². The minimum Gasteiger partial charge on any atom is -0.386 e. The molecule has 0 aliphatic carbocycles. The first-order valence-electron chi connectivity index (χ1n) is 5.29. The molecule has 2 N–H and O–H groups in total. The van der Waals surface area contributed by atoms with E-state index in [1.165, 1.54) is 30.5 Å². The Hall–Kier alpha value is -2.21. The molecule has 0 aliphatic heterocycles. The van der Waals surface area contributed by atoms with Gasteiger partial charge in [0.15, 0.2) is 5.69 Å². The van der Waals surface area contributed by atoms with Gasteiger partial charge in [-0.05, 0) is 6.07 Å². The van der Waals surface area contributed by atoms with Crippen LogP contribution in [0.5, 0.6) is 0 Å². The predicted molar refractivity (Wildman–Crippen MR) is 60.2 cm³/mol. The van der Waals surface area contributed by atoms with E-state index in [0.29, 0.717) is 0 Å². The third-order valence-electron chi connectivity index (χ3n) is 2.39. The number of hydrogen-bond donors (Lipinski definition) is 2. The maximum atomic E-state index is 13.3. The number of nitrogens with one attached hydrogen (secondary N) is 1. The monoisotopic (exact) mass is 250 g/mol. The van der Waals surface area contributed by atoms with E-state index in [1.54, 1.807) is 6.07 Å². The standard InChI is InChI=1S/C12H11FN2O3/c13-9-4-2-1-3-8(9)11(16)7-14-12(17)10-5-6-18-15-10/h1-6,11,16H,7H2,(H,14,17). The highest BCUT2D eigenvalue weighted by Gasteiger charge is 2.15. The lowest BCUT2D eigenvalue weighted by atomic mass is 10.1. The molecule has 0 saturated carbocycles. The summed E-state index contributed by atoms with van der Waals surface area (Å²) in [5, 5.41) is 15.6. The van der Waals surface area contributed by atoms with Crippen molar-refractivity contribution in [3.8, 4) is 0 Å². The number of aliphatic hydroxyl groups is 1. The van der Waals surface area contributed by atoms with Gasteiger partial charge in [0, 0.05) is 18.2 Å². The summed E-state index contributed by atoms with van der Waals surface area (Å²) in [4.78, 5) is 11.5. The number of carbonyl (C=O) groups is 1.